The van der Waals surface area contributed by atoms with Gasteiger partial charge < -0.3 is 21.1 Å². The smallest absolute Gasteiger partial charge is 0.407 e. The molecule has 0 unspecified atom stereocenters. The molecule has 0 aliphatic rings. The normalized spacial score (nSPS) is 13.6. The van der Waals surface area contributed by atoms with E-state index in [4.69, 9.17) is 10.5 Å². The maximum atomic E-state index is 12.1. The number of alkyl carbamates (subject to hydrolysis) is 1. The summed E-state index contributed by atoms with van der Waals surface area (Å²) < 4.78 is 5.16. The van der Waals surface area contributed by atoms with Crippen LogP contribution in [-0.4, -0.2) is 36.2 Å². The summed E-state index contributed by atoms with van der Waals surface area (Å²) in [5, 5.41) is 5.66. The molecule has 1 rings (SSSR count). The van der Waals surface area contributed by atoms with Gasteiger partial charge in [-0.3, -0.25) is 4.79 Å². The fraction of sp³-hybridized carbons (Fsp3) is 0.600. The van der Waals surface area contributed by atoms with Crippen molar-refractivity contribution in [2.24, 2.45) is 5.73 Å². The molecule has 2 amide bonds. The first kappa shape index (κ1) is 22.0. The molecule has 0 saturated heterocycles. The molecule has 0 saturated carbocycles. The van der Waals surface area contributed by atoms with Gasteiger partial charge in [0.05, 0.1) is 6.04 Å². The third kappa shape index (κ3) is 10.0. The van der Waals surface area contributed by atoms with Gasteiger partial charge in [0, 0.05) is 12.6 Å². The molecule has 0 fully saturated rings. The Bertz CT molecular complexity index is 555. The summed E-state index contributed by atoms with van der Waals surface area (Å²) in [6.45, 7) is 7.95. The van der Waals surface area contributed by atoms with Gasteiger partial charge in [-0.15, -0.1) is 0 Å². The SMILES string of the molecule is C[C@@H](Cc1ccccc1)NC(=O)[C@@H](N)CCCCNC(=O)OC(C)(C)C. The van der Waals surface area contributed by atoms with Crippen molar-refractivity contribution in [2.75, 3.05) is 6.54 Å². The van der Waals surface area contributed by atoms with Gasteiger partial charge in [0.25, 0.3) is 0 Å². The van der Waals surface area contributed by atoms with E-state index in [1.807, 2.05) is 58.0 Å². The van der Waals surface area contributed by atoms with E-state index >= 15 is 0 Å². The average molecular weight is 364 g/mol. The zero-order valence-corrected chi connectivity index (χ0v) is 16.4. The second kappa shape index (κ2) is 10.8. The van der Waals surface area contributed by atoms with Crippen LogP contribution in [0.5, 0.6) is 0 Å². The second-order valence-electron chi connectivity index (χ2n) is 7.63. The van der Waals surface area contributed by atoms with E-state index in [9.17, 15) is 9.59 Å². The summed E-state index contributed by atoms with van der Waals surface area (Å²) in [6, 6.07) is 9.53. The minimum Gasteiger partial charge on any atom is -0.444 e. The Morgan fingerprint density at radius 2 is 1.81 bits per heavy atom. The molecular formula is C20H33N3O3. The number of unbranched alkanes of at least 4 members (excludes halogenated alkanes) is 1. The molecule has 1 aromatic carbocycles. The fourth-order valence-corrected chi connectivity index (χ4v) is 2.49. The van der Waals surface area contributed by atoms with Gasteiger partial charge in [-0.2, -0.15) is 0 Å². The molecule has 146 valence electrons. The van der Waals surface area contributed by atoms with Gasteiger partial charge in [0.15, 0.2) is 0 Å². The standard InChI is InChI=1S/C20H33N3O3/c1-15(14-16-10-6-5-7-11-16)23-18(24)17(21)12-8-9-13-22-19(25)26-20(2,3)4/h5-7,10-11,15,17H,8-9,12-14,21H2,1-4H3,(H,22,25)(H,23,24)/t15-,17-/m0/s1. The van der Waals surface area contributed by atoms with Gasteiger partial charge >= 0.3 is 6.09 Å². The lowest BCUT2D eigenvalue weighted by molar-refractivity contribution is -0.123. The van der Waals surface area contributed by atoms with Crippen molar-refractivity contribution in [3.63, 3.8) is 0 Å². The van der Waals surface area contributed by atoms with Crippen LogP contribution in [0.25, 0.3) is 0 Å². The first-order valence-electron chi connectivity index (χ1n) is 9.24. The Balaban J connectivity index is 2.17. The predicted octanol–water partition coefficient (Wildman–Crippen LogP) is 2.76. The molecule has 0 aromatic heterocycles. The summed E-state index contributed by atoms with van der Waals surface area (Å²) >= 11 is 0. The van der Waals surface area contributed by atoms with Crippen molar-refractivity contribution in [3.05, 3.63) is 35.9 Å². The number of carbonyl (C=O) groups is 2. The van der Waals surface area contributed by atoms with Crippen LogP contribution in [-0.2, 0) is 16.0 Å². The topological polar surface area (TPSA) is 93.5 Å². The van der Waals surface area contributed by atoms with Crippen molar-refractivity contribution < 1.29 is 14.3 Å². The van der Waals surface area contributed by atoms with E-state index in [-0.39, 0.29) is 11.9 Å². The summed E-state index contributed by atoms with van der Waals surface area (Å²) in [7, 11) is 0. The van der Waals surface area contributed by atoms with Gasteiger partial charge in [-0.25, -0.2) is 4.79 Å². The molecular weight excluding hydrogens is 330 g/mol. The minimum atomic E-state index is -0.533. The van der Waals surface area contributed by atoms with Crippen LogP contribution in [0.2, 0.25) is 0 Å². The third-order valence-corrected chi connectivity index (χ3v) is 3.72. The lowest BCUT2D eigenvalue weighted by Gasteiger charge is -2.20. The number of carbonyl (C=O) groups excluding carboxylic acids is 2. The molecule has 4 N–H and O–H groups in total. The Morgan fingerprint density at radius 3 is 2.42 bits per heavy atom. The van der Waals surface area contributed by atoms with Crippen molar-refractivity contribution in [1.82, 2.24) is 10.6 Å². The molecule has 26 heavy (non-hydrogen) atoms. The molecule has 6 heteroatoms. The fourth-order valence-electron chi connectivity index (χ4n) is 2.49. The number of ether oxygens (including phenoxy) is 1. The molecule has 2 atom stereocenters. The summed E-state index contributed by atoms with van der Waals surface area (Å²) in [4.78, 5) is 23.7. The first-order chi connectivity index (χ1) is 12.2. The highest BCUT2D eigenvalue weighted by Gasteiger charge is 2.17. The van der Waals surface area contributed by atoms with Crippen molar-refractivity contribution in [3.8, 4) is 0 Å². The summed E-state index contributed by atoms with van der Waals surface area (Å²) in [5.41, 5.74) is 6.64. The van der Waals surface area contributed by atoms with Crippen molar-refractivity contribution in [1.29, 1.82) is 0 Å². The van der Waals surface area contributed by atoms with E-state index in [1.54, 1.807) is 0 Å². The molecule has 6 nitrogen and oxygen atoms in total. The number of nitrogens with two attached hydrogens (primary N) is 1. The van der Waals surface area contributed by atoms with Gasteiger partial charge in [0.2, 0.25) is 5.91 Å². The number of hydrogen-bond donors (Lipinski definition) is 3. The molecule has 1 aromatic rings. The molecule has 0 spiro atoms. The quantitative estimate of drug-likeness (QED) is 0.588. The zero-order chi connectivity index (χ0) is 19.6. The van der Waals surface area contributed by atoms with Crippen LogP contribution in [0.1, 0.15) is 52.5 Å². The van der Waals surface area contributed by atoms with Crippen LogP contribution in [0.3, 0.4) is 0 Å². The van der Waals surface area contributed by atoms with Gasteiger partial charge in [-0.05, 0) is 58.9 Å². The van der Waals surface area contributed by atoms with E-state index < -0.39 is 17.7 Å². The Morgan fingerprint density at radius 1 is 1.15 bits per heavy atom. The average Bonchev–Trinajstić information content (AvgIpc) is 2.53. The minimum absolute atomic E-state index is 0.0322. The van der Waals surface area contributed by atoms with E-state index in [2.05, 4.69) is 10.6 Å². The molecule has 0 aliphatic carbocycles. The van der Waals surface area contributed by atoms with Crippen LogP contribution in [0, 0.1) is 0 Å². The summed E-state index contributed by atoms with van der Waals surface area (Å²) in [6.07, 6.45) is 2.45. The monoisotopic (exact) mass is 363 g/mol. The lowest BCUT2D eigenvalue weighted by atomic mass is 10.1. The van der Waals surface area contributed by atoms with E-state index in [0.717, 1.165) is 19.3 Å². The Labute approximate surface area is 156 Å². The van der Waals surface area contributed by atoms with Crippen LogP contribution in [0.15, 0.2) is 30.3 Å². The maximum absolute atomic E-state index is 12.1. The second-order valence-corrected chi connectivity index (χ2v) is 7.63. The number of hydrogen-bond acceptors (Lipinski definition) is 4. The van der Waals surface area contributed by atoms with Gasteiger partial charge in [-0.1, -0.05) is 30.3 Å². The van der Waals surface area contributed by atoms with E-state index in [1.165, 1.54) is 5.56 Å². The van der Waals surface area contributed by atoms with Gasteiger partial charge in [0.1, 0.15) is 5.60 Å². The molecule has 0 heterocycles. The molecule has 0 aliphatic heterocycles. The lowest BCUT2D eigenvalue weighted by Crippen LogP contribution is -2.45. The summed E-state index contributed by atoms with van der Waals surface area (Å²) in [5.74, 6) is -0.131. The number of nitrogens with one attached hydrogen (secondary N) is 2. The predicted molar refractivity (Wildman–Crippen MR) is 104 cm³/mol. The van der Waals surface area contributed by atoms with Crippen LogP contribution < -0.4 is 16.4 Å². The number of benzene rings is 1. The highest BCUT2D eigenvalue weighted by molar-refractivity contribution is 5.81. The Hall–Kier alpha value is -2.08. The van der Waals surface area contributed by atoms with Crippen LogP contribution >= 0.6 is 0 Å². The first-order valence-corrected chi connectivity index (χ1v) is 9.24. The molecule has 0 bridgehead atoms. The Kier molecular flexibility index (Phi) is 9.13. The highest BCUT2D eigenvalue weighted by atomic mass is 16.6. The zero-order valence-electron chi connectivity index (χ0n) is 16.4. The largest absolute Gasteiger partial charge is 0.444 e. The highest BCUT2D eigenvalue weighted by Crippen LogP contribution is 2.07. The number of amides is 2. The van der Waals surface area contributed by atoms with E-state index in [0.29, 0.717) is 13.0 Å². The van der Waals surface area contributed by atoms with Crippen molar-refractivity contribution >= 4 is 12.0 Å². The molecule has 0 radical (unpaired) electrons. The third-order valence-electron chi connectivity index (χ3n) is 3.72. The van der Waals surface area contributed by atoms with Crippen molar-refractivity contribution in [2.45, 2.75) is 71.1 Å². The van der Waals surface area contributed by atoms with Crippen LogP contribution in [0.4, 0.5) is 4.79 Å². The maximum Gasteiger partial charge on any atom is 0.407 e. The number of rotatable bonds is 9.